The Bertz CT molecular complexity index is 720. The number of aromatic nitrogens is 1. The molecule has 0 saturated heterocycles. The molecule has 1 aromatic carbocycles. The van der Waals surface area contributed by atoms with Crippen molar-refractivity contribution in [3.05, 3.63) is 47.2 Å². The Morgan fingerprint density at radius 2 is 2.10 bits per heavy atom. The zero-order valence-electron chi connectivity index (χ0n) is 11.4. The van der Waals surface area contributed by atoms with Gasteiger partial charge in [-0.05, 0) is 40.5 Å². The van der Waals surface area contributed by atoms with Crippen LogP contribution >= 0.6 is 15.9 Å². The van der Waals surface area contributed by atoms with Gasteiger partial charge in [0.15, 0.2) is 0 Å². The van der Waals surface area contributed by atoms with Crippen LogP contribution in [0.1, 0.15) is 13.3 Å². The number of nitrogens with one attached hydrogen (secondary N) is 1. The topological polar surface area (TPSA) is 68.3 Å². The van der Waals surface area contributed by atoms with Crippen LogP contribution in [0, 0.1) is 0 Å². The fraction of sp³-hybridized carbons (Fsp3) is 0.214. The van der Waals surface area contributed by atoms with Gasteiger partial charge in [-0.3, -0.25) is 9.71 Å². The SMILES string of the molecule is CCCOc1cccc(NS(=O)(=O)c2cncc(Br)c2)c1. The van der Waals surface area contributed by atoms with Gasteiger partial charge in [0, 0.05) is 22.9 Å². The summed E-state index contributed by atoms with van der Waals surface area (Å²) in [6.07, 6.45) is 3.71. The summed E-state index contributed by atoms with van der Waals surface area (Å²) in [6, 6.07) is 8.34. The zero-order valence-corrected chi connectivity index (χ0v) is 13.8. The molecular formula is C14H15BrN2O3S. The summed E-state index contributed by atoms with van der Waals surface area (Å²) >= 11 is 3.21. The number of halogens is 1. The minimum Gasteiger partial charge on any atom is -0.494 e. The van der Waals surface area contributed by atoms with Gasteiger partial charge in [-0.1, -0.05) is 13.0 Å². The second kappa shape index (κ2) is 6.91. The Balaban J connectivity index is 2.20. The molecule has 0 saturated carbocycles. The number of sulfonamides is 1. The van der Waals surface area contributed by atoms with Crippen LogP contribution in [-0.4, -0.2) is 20.0 Å². The Morgan fingerprint density at radius 3 is 2.81 bits per heavy atom. The van der Waals surface area contributed by atoms with E-state index in [1.807, 2.05) is 6.92 Å². The number of anilines is 1. The molecule has 0 unspecified atom stereocenters. The lowest BCUT2D eigenvalue weighted by Crippen LogP contribution is -2.13. The molecule has 5 nitrogen and oxygen atoms in total. The second-order valence-electron chi connectivity index (χ2n) is 4.32. The van der Waals surface area contributed by atoms with Crippen molar-refractivity contribution in [1.29, 1.82) is 0 Å². The van der Waals surface area contributed by atoms with Gasteiger partial charge in [-0.25, -0.2) is 8.42 Å². The van der Waals surface area contributed by atoms with Crippen molar-refractivity contribution in [3.63, 3.8) is 0 Å². The Kier molecular flexibility index (Phi) is 5.19. The number of hydrogen-bond donors (Lipinski definition) is 1. The molecule has 0 bridgehead atoms. The molecule has 0 amide bonds. The lowest BCUT2D eigenvalue weighted by molar-refractivity contribution is 0.317. The molecule has 0 spiro atoms. The smallest absolute Gasteiger partial charge is 0.263 e. The van der Waals surface area contributed by atoms with Gasteiger partial charge in [0.05, 0.1) is 12.3 Å². The van der Waals surface area contributed by atoms with Crippen molar-refractivity contribution in [2.75, 3.05) is 11.3 Å². The van der Waals surface area contributed by atoms with Crippen LogP contribution in [0.3, 0.4) is 0 Å². The monoisotopic (exact) mass is 370 g/mol. The Hall–Kier alpha value is -1.60. The average molecular weight is 371 g/mol. The van der Waals surface area contributed by atoms with Crippen LogP contribution in [0.15, 0.2) is 52.1 Å². The fourth-order valence-electron chi connectivity index (χ4n) is 1.62. The van der Waals surface area contributed by atoms with Crippen molar-refractivity contribution in [2.24, 2.45) is 0 Å². The zero-order chi connectivity index (χ0) is 15.3. The standard InChI is InChI=1S/C14H15BrN2O3S/c1-2-6-20-13-5-3-4-12(8-13)17-21(18,19)14-7-11(15)9-16-10-14/h3-5,7-10,17H,2,6H2,1H3. The van der Waals surface area contributed by atoms with Gasteiger partial charge >= 0.3 is 0 Å². The Labute approximate surface area is 132 Å². The normalized spacial score (nSPS) is 11.1. The summed E-state index contributed by atoms with van der Waals surface area (Å²) in [5.74, 6) is 0.629. The van der Waals surface area contributed by atoms with E-state index in [9.17, 15) is 8.42 Å². The highest BCUT2D eigenvalue weighted by Crippen LogP contribution is 2.22. The highest BCUT2D eigenvalue weighted by atomic mass is 79.9. The van der Waals surface area contributed by atoms with E-state index in [-0.39, 0.29) is 4.90 Å². The van der Waals surface area contributed by atoms with Gasteiger partial charge in [-0.2, -0.15) is 0 Å². The molecule has 7 heteroatoms. The maximum Gasteiger partial charge on any atom is 0.263 e. The summed E-state index contributed by atoms with van der Waals surface area (Å²) in [4.78, 5) is 3.95. The molecule has 1 heterocycles. The van der Waals surface area contributed by atoms with E-state index in [4.69, 9.17) is 4.74 Å². The van der Waals surface area contributed by atoms with E-state index in [2.05, 4.69) is 25.6 Å². The first-order valence-corrected chi connectivity index (χ1v) is 8.65. The summed E-state index contributed by atoms with van der Waals surface area (Å²) < 4.78 is 33.1. The molecule has 0 aliphatic rings. The van der Waals surface area contributed by atoms with E-state index in [0.717, 1.165) is 6.42 Å². The second-order valence-corrected chi connectivity index (χ2v) is 6.92. The van der Waals surface area contributed by atoms with Gasteiger partial charge in [0.1, 0.15) is 10.6 Å². The molecule has 0 radical (unpaired) electrons. The molecule has 21 heavy (non-hydrogen) atoms. The van der Waals surface area contributed by atoms with Crippen molar-refractivity contribution < 1.29 is 13.2 Å². The van der Waals surface area contributed by atoms with E-state index < -0.39 is 10.0 Å². The predicted molar refractivity (Wildman–Crippen MR) is 85.0 cm³/mol. The van der Waals surface area contributed by atoms with Crippen molar-refractivity contribution in [2.45, 2.75) is 18.2 Å². The third-order valence-corrected chi connectivity index (χ3v) is 4.33. The molecule has 1 aromatic heterocycles. The third kappa shape index (κ3) is 4.44. The molecule has 0 fully saturated rings. The molecule has 0 aliphatic carbocycles. The number of hydrogen-bond acceptors (Lipinski definition) is 4. The van der Waals surface area contributed by atoms with Crippen LogP contribution in [0.2, 0.25) is 0 Å². The summed E-state index contributed by atoms with van der Waals surface area (Å²) in [5, 5.41) is 0. The largest absolute Gasteiger partial charge is 0.494 e. The predicted octanol–water partition coefficient (Wildman–Crippen LogP) is 3.43. The summed E-state index contributed by atoms with van der Waals surface area (Å²) in [6.45, 7) is 2.60. The first-order valence-electron chi connectivity index (χ1n) is 6.37. The van der Waals surface area contributed by atoms with Gasteiger partial charge in [-0.15, -0.1) is 0 Å². The van der Waals surface area contributed by atoms with Crippen LogP contribution in [-0.2, 0) is 10.0 Å². The molecule has 1 N–H and O–H groups in total. The van der Waals surface area contributed by atoms with E-state index >= 15 is 0 Å². The average Bonchev–Trinajstić information content (AvgIpc) is 2.45. The van der Waals surface area contributed by atoms with Crippen molar-refractivity contribution in [1.82, 2.24) is 4.98 Å². The van der Waals surface area contributed by atoms with E-state index in [0.29, 0.717) is 22.5 Å². The highest BCUT2D eigenvalue weighted by Gasteiger charge is 2.15. The number of nitrogens with zero attached hydrogens (tertiary/aromatic N) is 1. The van der Waals surface area contributed by atoms with E-state index in [1.54, 1.807) is 24.3 Å². The van der Waals surface area contributed by atoms with E-state index in [1.165, 1.54) is 18.5 Å². The number of rotatable bonds is 6. The van der Waals surface area contributed by atoms with Crippen molar-refractivity contribution >= 4 is 31.6 Å². The molecule has 0 aliphatic heterocycles. The maximum absolute atomic E-state index is 12.3. The number of pyridine rings is 1. The summed E-state index contributed by atoms with van der Waals surface area (Å²) in [5.41, 5.74) is 0.448. The minimum atomic E-state index is -3.67. The molecule has 2 rings (SSSR count). The molecule has 0 atom stereocenters. The van der Waals surface area contributed by atoms with Crippen molar-refractivity contribution in [3.8, 4) is 5.75 Å². The van der Waals surface area contributed by atoms with Gasteiger partial charge in [0.25, 0.3) is 10.0 Å². The minimum absolute atomic E-state index is 0.0942. The lowest BCUT2D eigenvalue weighted by Gasteiger charge is -2.10. The highest BCUT2D eigenvalue weighted by molar-refractivity contribution is 9.10. The number of benzene rings is 1. The van der Waals surface area contributed by atoms with Crippen LogP contribution in [0.4, 0.5) is 5.69 Å². The molecular weight excluding hydrogens is 356 g/mol. The first kappa shape index (κ1) is 15.8. The Morgan fingerprint density at radius 1 is 1.29 bits per heavy atom. The van der Waals surface area contributed by atoms with Gasteiger partial charge in [0.2, 0.25) is 0 Å². The molecule has 2 aromatic rings. The van der Waals surface area contributed by atoms with Crippen LogP contribution in [0.25, 0.3) is 0 Å². The summed E-state index contributed by atoms with van der Waals surface area (Å²) in [7, 11) is -3.67. The molecule has 112 valence electrons. The lowest BCUT2D eigenvalue weighted by atomic mass is 10.3. The van der Waals surface area contributed by atoms with Crippen LogP contribution in [0.5, 0.6) is 5.75 Å². The fourth-order valence-corrected chi connectivity index (χ4v) is 3.18. The quantitative estimate of drug-likeness (QED) is 0.845. The number of ether oxygens (including phenoxy) is 1. The maximum atomic E-state index is 12.3. The first-order chi connectivity index (χ1) is 10.0. The van der Waals surface area contributed by atoms with Crippen LogP contribution < -0.4 is 9.46 Å². The van der Waals surface area contributed by atoms with Gasteiger partial charge < -0.3 is 4.74 Å². The third-order valence-electron chi connectivity index (χ3n) is 2.55.